The summed E-state index contributed by atoms with van der Waals surface area (Å²) >= 11 is 0. The van der Waals surface area contributed by atoms with Crippen molar-refractivity contribution in [3.63, 3.8) is 0 Å². The van der Waals surface area contributed by atoms with Crippen LogP contribution < -0.4 is 19.7 Å². The molecule has 56 heavy (non-hydrogen) atoms. The number of aromatic nitrogens is 5. The first-order valence-electron chi connectivity index (χ1n) is 19.5. The van der Waals surface area contributed by atoms with Gasteiger partial charge in [0.15, 0.2) is 5.82 Å². The number of benzene rings is 2. The van der Waals surface area contributed by atoms with Crippen LogP contribution in [-0.2, 0) is 6.42 Å². The molecule has 3 aromatic heterocycles. The molecule has 0 radical (unpaired) electrons. The van der Waals surface area contributed by atoms with E-state index in [0.29, 0.717) is 51.7 Å². The van der Waals surface area contributed by atoms with Crippen LogP contribution in [0.1, 0.15) is 74.6 Å². The van der Waals surface area contributed by atoms with E-state index in [-0.39, 0.29) is 65.1 Å². The number of terminal acetylenes is 1. The van der Waals surface area contributed by atoms with Crippen LogP contribution in [-0.4, -0.2) is 85.8 Å². The maximum atomic E-state index is 17.4. The minimum atomic E-state index is -2.75. The first-order valence-corrected chi connectivity index (χ1v) is 19.5. The normalized spacial score (nSPS) is 25.6. The Labute approximate surface area is 321 Å². The van der Waals surface area contributed by atoms with E-state index in [2.05, 4.69) is 31.0 Å². The first kappa shape index (κ1) is 35.3. The fraction of sp³-hybridized carbons (Fsp3) is 0.452. The molecule has 288 valence electrons. The lowest BCUT2D eigenvalue weighted by atomic mass is 9.93. The van der Waals surface area contributed by atoms with Gasteiger partial charge in [-0.3, -0.25) is 4.90 Å². The molecule has 5 aromatic rings. The van der Waals surface area contributed by atoms with Crippen LogP contribution >= 0.6 is 0 Å². The minimum Gasteiger partial charge on any atom is -0.476 e. The summed E-state index contributed by atoms with van der Waals surface area (Å²) in [5.74, 6) is 1.81. The van der Waals surface area contributed by atoms with E-state index in [4.69, 9.17) is 30.8 Å². The van der Waals surface area contributed by atoms with Crippen molar-refractivity contribution in [2.45, 2.75) is 93.9 Å². The molecule has 5 atom stereocenters. The lowest BCUT2D eigenvalue weighted by Gasteiger charge is -2.43. The largest absolute Gasteiger partial charge is 0.476 e. The third-order valence-electron chi connectivity index (χ3n) is 12.8. The number of ether oxygens (including phenoxy) is 2. The molecule has 14 heteroatoms. The Hall–Kier alpha value is -5.13. The fourth-order valence-electron chi connectivity index (χ4n) is 10.3. The molecule has 1 N–H and O–H groups in total. The second-order valence-electron chi connectivity index (χ2n) is 15.8. The molecule has 0 aliphatic carbocycles. The number of piperazine rings is 1. The molecular formula is C42H40F4N8O2. The highest BCUT2D eigenvalue weighted by Crippen LogP contribution is 2.45. The Morgan fingerprint density at radius 2 is 1.91 bits per heavy atom. The molecule has 0 saturated carbocycles. The summed E-state index contributed by atoms with van der Waals surface area (Å²) in [4.78, 5) is 27.3. The molecule has 4 fully saturated rings. The molecule has 8 heterocycles. The van der Waals surface area contributed by atoms with Crippen LogP contribution in [0.5, 0.6) is 11.9 Å². The van der Waals surface area contributed by atoms with Gasteiger partial charge in [-0.1, -0.05) is 30.2 Å². The van der Waals surface area contributed by atoms with Crippen molar-refractivity contribution in [2.24, 2.45) is 0 Å². The van der Waals surface area contributed by atoms with Crippen LogP contribution in [0.2, 0.25) is 0 Å². The number of halogens is 4. The fourth-order valence-corrected chi connectivity index (χ4v) is 10.3. The van der Waals surface area contributed by atoms with E-state index in [9.17, 15) is 8.78 Å². The average Bonchev–Trinajstić information content (AvgIpc) is 3.91. The van der Waals surface area contributed by atoms with E-state index >= 15 is 8.78 Å². The zero-order valence-electron chi connectivity index (χ0n) is 30.7. The van der Waals surface area contributed by atoms with Gasteiger partial charge < -0.3 is 19.7 Å². The van der Waals surface area contributed by atoms with Gasteiger partial charge in [-0.2, -0.15) is 9.97 Å². The Balaban J connectivity index is 1.04. The third-order valence-corrected chi connectivity index (χ3v) is 12.8. The smallest absolute Gasteiger partial charge is 0.319 e. The molecule has 1 unspecified atom stereocenters. The summed E-state index contributed by atoms with van der Waals surface area (Å²) in [6.45, 7) is 1.99. The maximum absolute atomic E-state index is 17.4. The molecule has 2 bridgehead atoms. The molecule has 5 aliphatic rings. The molecule has 10 rings (SSSR count). The highest BCUT2D eigenvalue weighted by Gasteiger charge is 2.50. The third kappa shape index (κ3) is 5.72. The molecule has 2 aromatic carbocycles. The first-order chi connectivity index (χ1) is 27.3. The van der Waals surface area contributed by atoms with Crippen molar-refractivity contribution in [1.29, 1.82) is 0 Å². The van der Waals surface area contributed by atoms with Gasteiger partial charge in [0.1, 0.15) is 42.4 Å². The standard InChI is InChI=1S/C42H40F4N8O2/c1-2-26-29(43)12-10-23-6-3-7-27(33(23)26)36-35(44)37-34-31(50-36)8-4-9-32-30-13-11-24(49-30)19-53(32)39(34)52-41(51-37)56-21-42-15-5-17-54(42)25(14-16-42)20-55-40-28(38(45)46)18-47-22-48-40/h1,3,6-7,10,12,18,22,24-25,30,32,38,49H,4-5,8-9,11,13-17,19-21H2/t24?,25-,30-,32+,42-/m0/s1. The predicted octanol–water partition coefficient (Wildman–Crippen LogP) is 6.93. The number of alkyl halides is 2. The van der Waals surface area contributed by atoms with Crippen LogP contribution in [0.25, 0.3) is 32.9 Å². The van der Waals surface area contributed by atoms with Crippen LogP contribution in [0, 0.1) is 24.0 Å². The van der Waals surface area contributed by atoms with Crippen molar-refractivity contribution in [3.8, 4) is 35.5 Å². The zero-order chi connectivity index (χ0) is 38.1. The summed E-state index contributed by atoms with van der Waals surface area (Å²) in [6.07, 6.45) is 13.2. The molecule has 0 amide bonds. The van der Waals surface area contributed by atoms with Crippen molar-refractivity contribution in [3.05, 3.63) is 71.3 Å². The highest BCUT2D eigenvalue weighted by molar-refractivity contribution is 6.02. The summed E-state index contributed by atoms with van der Waals surface area (Å²) in [6, 6.07) is 9.13. The van der Waals surface area contributed by atoms with Gasteiger partial charge in [0, 0.05) is 47.9 Å². The summed E-state index contributed by atoms with van der Waals surface area (Å²) in [7, 11) is 0. The predicted molar refractivity (Wildman–Crippen MR) is 202 cm³/mol. The van der Waals surface area contributed by atoms with Gasteiger partial charge in [-0.05, 0) is 75.8 Å². The number of fused-ring (bicyclic) bond motifs is 7. The van der Waals surface area contributed by atoms with Crippen molar-refractivity contribution in [1.82, 2.24) is 35.1 Å². The van der Waals surface area contributed by atoms with Crippen molar-refractivity contribution >= 4 is 27.5 Å². The number of anilines is 1. The van der Waals surface area contributed by atoms with Gasteiger partial charge in [0.25, 0.3) is 6.43 Å². The van der Waals surface area contributed by atoms with Crippen LogP contribution in [0.4, 0.5) is 23.4 Å². The summed E-state index contributed by atoms with van der Waals surface area (Å²) < 4.78 is 72.2. The van der Waals surface area contributed by atoms with Gasteiger partial charge in [-0.15, -0.1) is 6.42 Å². The molecular weight excluding hydrogens is 725 g/mol. The average molecular weight is 765 g/mol. The number of nitrogens with zero attached hydrogens (tertiary/aromatic N) is 7. The second-order valence-corrected chi connectivity index (χ2v) is 15.8. The number of pyridine rings is 1. The van der Waals surface area contributed by atoms with E-state index in [0.717, 1.165) is 70.7 Å². The Morgan fingerprint density at radius 3 is 2.79 bits per heavy atom. The topological polar surface area (TPSA) is 101 Å². The monoisotopic (exact) mass is 764 g/mol. The Kier molecular flexibility index (Phi) is 8.70. The zero-order valence-corrected chi connectivity index (χ0v) is 30.7. The van der Waals surface area contributed by atoms with Crippen LogP contribution in [0.3, 0.4) is 0 Å². The quantitative estimate of drug-likeness (QED) is 0.132. The lowest BCUT2D eigenvalue weighted by molar-refractivity contribution is 0.0663. The highest BCUT2D eigenvalue weighted by atomic mass is 19.3. The number of hydrogen-bond acceptors (Lipinski definition) is 10. The minimum absolute atomic E-state index is 0.0309. The molecule has 0 spiro atoms. The van der Waals surface area contributed by atoms with Crippen LogP contribution in [0.15, 0.2) is 42.9 Å². The van der Waals surface area contributed by atoms with E-state index in [1.54, 1.807) is 18.2 Å². The maximum Gasteiger partial charge on any atom is 0.319 e. The van der Waals surface area contributed by atoms with Gasteiger partial charge >= 0.3 is 6.01 Å². The van der Waals surface area contributed by atoms with Gasteiger partial charge in [0.2, 0.25) is 5.88 Å². The molecule has 10 nitrogen and oxygen atoms in total. The molecule has 4 saturated heterocycles. The second kappa shape index (κ2) is 13.8. The molecule has 5 aliphatic heterocycles. The number of aryl methyl sites for hydroxylation is 1. The van der Waals surface area contributed by atoms with Gasteiger partial charge in [-0.25, -0.2) is 32.5 Å². The van der Waals surface area contributed by atoms with E-state index in [1.807, 2.05) is 6.07 Å². The van der Waals surface area contributed by atoms with Crippen molar-refractivity contribution < 1.29 is 27.0 Å². The number of nitrogens with one attached hydrogen (secondary N) is 1. The number of rotatable bonds is 8. The lowest BCUT2D eigenvalue weighted by Crippen LogP contribution is -2.58. The van der Waals surface area contributed by atoms with Gasteiger partial charge in [0.05, 0.1) is 27.7 Å². The Morgan fingerprint density at radius 1 is 1.00 bits per heavy atom. The summed E-state index contributed by atoms with van der Waals surface area (Å²) in [5.41, 5.74) is 0.643. The van der Waals surface area contributed by atoms with Crippen molar-refractivity contribution in [2.75, 3.05) is 31.2 Å². The van der Waals surface area contributed by atoms with E-state index < -0.39 is 18.1 Å². The SMILES string of the molecule is C#Cc1c(F)ccc2cccc(-c3nc4c5c(nc(OC[C@@]67CCCN6[C@H](COc6ncncc6C(F)F)CC7)nc5c3F)N3CC5CC[C@H](N5)[C@H]3CCC4)c12. The Bertz CT molecular complexity index is 2410. The van der Waals surface area contributed by atoms with E-state index in [1.165, 1.54) is 12.4 Å². The summed E-state index contributed by atoms with van der Waals surface area (Å²) in [5, 5.41) is 5.48. The number of hydrogen-bond donors (Lipinski definition) is 1.